The molecule has 0 atom stereocenters. The third-order valence-electron chi connectivity index (χ3n) is 2.79. The van der Waals surface area contributed by atoms with Crippen molar-refractivity contribution < 1.29 is 14.4 Å². The van der Waals surface area contributed by atoms with Crippen molar-refractivity contribution in [2.24, 2.45) is 0 Å². The summed E-state index contributed by atoms with van der Waals surface area (Å²) in [5, 5.41) is 12.1. The van der Waals surface area contributed by atoms with E-state index in [1.54, 1.807) is 24.3 Å². The molecule has 21 heavy (non-hydrogen) atoms. The molecule has 0 radical (unpaired) electrons. The van der Waals surface area contributed by atoms with Crippen LogP contribution in [-0.2, 0) is 5.33 Å². The Morgan fingerprint density at radius 2 is 2.05 bits per heavy atom. The predicted molar refractivity (Wildman–Crippen MR) is 83.8 cm³/mol. The monoisotopic (exact) mass is 371 g/mol. The minimum absolute atomic E-state index is 0.130. The fourth-order valence-corrected chi connectivity index (χ4v) is 2.71. The number of nitrogens with zero attached hydrogens (tertiary/aromatic N) is 1. The van der Waals surface area contributed by atoms with E-state index in [1.807, 2.05) is 0 Å². The van der Waals surface area contributed by atoms with E-state index < -0.39 is 4.92 Å². The van der Waals surface area contributed by atoms with Gasteiger partial charge in [0, 0.05) is 15.9 Å². The lowest BCUT2D eigenvalue weighted by molar-refractivity contribution is -0.385. The summed E-state index contributed by atoms with van der Waals surface area (Å²) in [5.74, 6) is 0.985. The van der Waals surface area contributed by atoms with Crippen molar-refractivity contribution in [3.63, 3.8) is 0 Å². The lowest BCUT2D eigenvalue weighted by Gasteiger charge is -2.11. The van der Waals surface area contributed by atoms with Crippen LogP contribution in [0.2, 0.25) is 5.02 Å². The molecule has 0 N–H and O–H groups in total. The lowest BCUT2D eigenvalue weighted by atomic mass is 10.2. The molecule has 0 heterocycles. The van der Waals surface area contributed by atoms with Gasteiger partial charge >= 0.3 is 5.69 Å². The SMILES string of the molecule is COc1ccc(Oc2cccc(Cl)c2CBr)c([N+](=O)[O-])c1. The standard InChI is InChI=1S/C14H11BrClNO4/c1-20-9-5-6-14(12(7-9)17(18)19)21-13-4-2-3-11(16)10(13)8-15/h2-7H,8H2,1H3. The molecule has 0 aliphatic carbocycles. The van der Waals surface area contributed by atoms with E-state index in [-0.39, 0.29) is 11.4 Å². The summed E-state index contributed by atoms with van der Waals surface area (Å²) in [6.07, 6.45) is 0. The molecule has 0 aromatic heterocycles. The quantitative estimate of drug-likeness (QED) is 0.423. The van der Waals surface area contributed by atoms with E-state index in [1.165, 1.54) is 19.2 Å². The summed E-state index contributed by atoms with van der Waals surface area (Å²) < 4.78 is 10.6. The molecule has 2 aromatic rings. The fourth-order valence-electron chi connectivity index (χ4n) is 1.74. The van der Waals surface area contributed by atoms with E-state index in [2.05, 4.69) is 15.9 Å². The Kier molecular flexibility index (Phi) is 5.03. The number of ether oxygens (including phenoxy) is 2. The van der Waals surface area contributed by atoms with Crippen molar-refractivity contribution in [3.05, 3.63) is 57.1 Å². The van der Waals surface area contributed by atoms with Gasteiger partial charge in [-0.05, 0) is 24.3 Å². The number of rotatable bonds is 5. The minimum atomic E-state index is -0.518. The highest BCUT2D eigenvalue weighted by molar-refractivity contribution is 9.08. The van der Waals surface area contributed by atoms with Crippen molar-refractivity contribution in [1.82, 2.24) is 0 Å². The number of alkyl halides is 1. The lowest BCUT2D eigenvalue weighted by Crippen LogP contribution is -1.96. The van der Waals surface area contributed by atoms with Gasteiger partial charge in [0.25, 0.3) is 0 Å². The first-order valence-electron chi connectivity index (χ1n) is 5.90. The summed E-state index contributed by atoms with van der Waals surface area (Å²) in [6.45, 7) is 0. The van der Waals surface area contributed by atoms with Crippen molar-refractivity contribution >= 4 is 33.2 Å². The highest BCUT2D eigenvalue weighted by Gasteiger charge is 2.18. The van der Waals surface area contributed by atoms with Gasteiger partial charge in [-0.2, -0.15) is 0 Å². The molecule has 0 fully saturated rings. The molecule has 0 saturated heterocycles. The zero-order valence-electron chi connectivity index (χ0n) is 11.0. The zero-order valence-corrected chi connectivity index (χ0v) is 13.3. The van der Waals surface area contributed by atoms with Gasteiger partial charge in [0.15, 0.2) is 0 Å². The fraction of sp³-hybridized carbons (Fsp3) is 0.143. The molecule has 2 rings (SSSR count). The van der Waals surface area contributed by atoms with Gasteiger partial charge < -0.3 is 9.47 Å². The van der Waals surface area contributed by atoms with Gasteiger partial charge in [-0.3, -0.25) is 10.1 Å². The number of halogens is 2. The first-order chi connectivity index (χ1) is 10.1. The molecule has 110 valence electrons. The Morgan fingerprint density at radius 1 is 1.29 bits per heavy atom. The third-order valence-corrected chi connectivity index (χ3v) is 3.71. The van der Waals surface area contributed by atoms with Crippen LogP contribution in [0.3, 0.4) is 0 Å². The number of hydrogen-bond donors (Lipinski definition) is 0. The molecule has 7 heteroatoms. The number of nitro benzene ring substituents is 1. The van der Waals surface area contributed by atoms with Crippen molar-refractivity contribution in [2.75, 3.05) is 7.11 Å². The van der Waals surface area contributed by atoms with Crippen LogP contribution in [0.15, 0.2) is 36.4 Å². The Labute approximate surface area is 134 Å². The maximum Gasteiger partial charge on any atom is 0.315 e. The summed E-state index contributed by atoms with van der Waals surface area (Å²) in [7, 11) is 1.44. The molecule has 0 aliphatic heterocycles. The van der Waals surface area contributed by atoms with E-state index in [9.17, 15) is 10.1 Å². The smallest absolute Gasteiger partial charge is 0.315 e. The van der Waals surface area contributed by atoms with Crippen molar-refractivity contribution in [1.29, 1.82) is 0 Å². The highest BCUT2D eigenvalue weighted by Crippen LogP contribution is 2.37. The number of nitro groups is 1. The Balaban J connectivity index is 2.44. The van der Waals surface area contributed by atoms with Crippen molar-refractivity contribution in [2.45, 2.75) is 5.33 Å². The maximum atomic E-state index is 11.1. The minimum Gasteiger partial charge on any atom is -0.496 e. The second-order valence-electron chi connectivity index (χ2n) is 4.04. The topological polar surface area (TPSA) is 61.6 Å². The van der Waals surface area contributed by atoms with E-state index in [4.69, 9.17) is 21.1 Å². The van der Waals surface area contributed by atoms with Crippen LogP contribution < -0.4 is 9.47 Å². The molecule has 0 unspecified atom stereocenters. The molecule has 0 saturated carbocycles. The molecule has 5 nitrogen and oxygen atoms in total. The normalized spacial score (nSPS) is 10.2. The summed E-state index contributed by atoms with van der Waals surface area (Å²) in [5.41, 5.74) is 0.555. The van der Waals surface area contributed by atoms with Crippen LogP contribution in [0.1, 0.15) is 5.56 Å². The second kappa shape index (κ2) is 6.78. The Morgan fingerprint density at radius 3 is 2.67 bits per heavy atom. The van der Waals surface area contributed by atoms with Crippen LogP contribution in [0.5, 0.6) is 17.2 Å². The van der Waals surface area contributed by atoms with E-state index in [0.717, 1.165) is 5.56 Å². The molecule has 2 aromatic carbocycles. The van der Waals surface area contributed by atoms with Crippen LogP contribution in [0.25, 0.3) is 0 Å². The van der Waals surface area contributed by atoms with Gasteiger partial charge in [-0.1, -0.05) is 33.6 Å². The zero-order chi connectivity index (χ0) is 15.4. The van der Waals surface area contributed by atoms with Crippen molar-refractivity contribution in [3.8, 4) is 17.2 Å². The van der Waals surface area contributed by atoms with Crippen LogP contribution in [0, 0.1) is 10.1 Å². The molecule has 0 amide bonds. The maximum absolute atomic E-state index is 11.1. The number of methoxy groups -OCH3 is 1. The summed E-state index contributed by atoms with van der Waals surface area (Å²) in [4.78, 5) is 10.6. The molecular formula is C14H11BrClNO4. The molecule has 0 spiro atoms. The Hall–Kier alpha value is -1.79. The predicted octanol–water partition coefficient (Wildman–Crippen LogP) is 4.94. The third kappa shape index (κ3) is 3.46. The average molecular weight is 373 g/mol. The highest BCUT2D eigenvalue weighted by atomic mass is 79.9. The van der Waals surface area contributed by atoms with Gasteiger partial charge in [0.05, 0.1) is 18.1 Å². The first-order valence-corrected chi connectivity index (χ1v) is 7.40. The van der Waals surface area contributed by atoms with E-state index >= 15 is 0 Å². The molecular weight excluding hydrogens is 362 g/mol. The molecule has 0 bridgehead atoms. The van der Waals surface area contributed by atoms with Gasteiger partial charge in [-0.15, -0.1) is 0 Å². The van der Waals surface area contributed by atoms with Gasteiger partial charge in [0.1, 0.15) is 11.5 Å². The van der Waals surface area contributed by atoms with E-state index in [0.29, 0.717) is 21.9 Å². The van der Waals surface area contributed by atoms with Crippen LogP contribution in [-0.4, -0.2) is 12.0 Å². The van der Waals surface area contributed by atoms with Crippen LogP contribution in [0.4, 0.5) is 5.69 Å². The largest absolute Gasteiger partial charge is 0.496 e. The van der Waals surface area contributed by atoms with Gasteiger partial charge in [0.2, 0.25) is 5.75 Å². The van der Waals surface area contributed by atoms with Gasteiger partial charge in [-0.25, -0.2) is 0 Å². The number of hydrogen-bond acceptors (Lipinski definition) is 4. The molecule has 0 aliphatic rings. The average Bonchev–Trinajstić information content (AvgIpc) is 2.47. The second-order valence-corrected chi connectivity index (χ2v) is 5.01. The summed E-state index contributed by atoms with van der Waals surface area (Å²) in [6, 6.07) is 9.56. The first kappa shape index (κ1) is 15.6. The van der Waals surface area contributed by atoms with Crippen LogP contribution >= 0.6 is 27.5 Å². The summed E-state index contributed by atoms with van der Waals surface area (Å²) >= 11 is 9.41. The number of benzene rings is 2. The Bertz CT molecular complexity index is 678.